The summed E-state index contributed by atoms with van der Waals surface area (Å²) in [5, 5.41) is 13.2. The molecule has 1 aliphatic heterocycles. The zero-order valence-electron chi connectivity index (χ0n) is 13.6. The Morgan fingerprint density at radius 1 is 1.08 bits per heavy atom. The van der Waals surface area contributed by atoms with Crippen LogP contribution in [0.5, 0.6) is 0 Å². The number of aromatic nitrogens is 4. The van der Waals surface area contributed by atoms with Gasteiger partial charge in [0.25, 0.3) is 5.78 Å². The Morgan fingerprint density at radius 3 is 2.71 bits per heavy atom. The number of hydrogen-bond acceptors (Lipinski definition) is 5. The number of piperidine rings is 1. The maximum absolute atomic E-state index is 4.50. The molecule has 0 N–H and O–H groups in total. The Labute approximate surface area is 145 Å². The molecular formula is C18H21N5S. The largest absolute Gasteiger partial charge is 0.299 e. The number of hydrogen-bond donors (Lipinski definition) is 0. The maximum Gasteiger partial charge on any atom is 0.254 e. The van der Waals surface area contributed by atoms with E-state index in [0.29, 0.717) is 11.8 Å². The maximum atomic E-state index is 4.50. The molecule has 4 heterocycles. The Balaban J connectivity index is 1.32. The third-order valence-electron chi connectivity index (χ3n) is 5.30. The smallest absolute Gasteiger partial charge is 0.254 e. The van der Waals surface area contributed by atoms with Crippen LogP contribution in [-0.2, 0) is 6.54 Å². The first-order valence-electron chi connectivity index (χ1n) is 8.81. The average Bonchev–Trinajstić information content (AvgIpc) is 3.18. The topological polar surface area (TPSA) is 46.3 Å². The number of likely N-dealkylation sites (tertiary alicyclic amines) is 1. The highest BCUT2D eigenvalue weighted by Gasteiger charge is 2.27. The van der Waals surface area contributed by atoms with E-state index < -0.39 is 0 Å². The van der Waals surface area contributed by atoms with Crippen molar-refractivity contribution in [3.05, 3.63) is 46.2 Å². The quantitative estimate of drug-likeness (QED) is 0.730. The molecule has 1 saturated heterocycles. The normalized spacial score (nSPS) is 20.0. The van der Waals surface area contributed by atoms with Crippen LogP contribution >= 0.6 is 11.3 Å². The van der Waals surface area contributed by atoms with Crippen molar-refractivity contribution in [3.8, 4) is 0 Å². The van der Waals surface area contributed by atoms with E-state index in [1.54, 1.807) is 11.3 Å². The molecule has 0 atom stereocenters. The molecule has 5 rings (SSSR count). The van der Waals surface area contributed by atoms with E-state index in [4.69, 9.17) is 0 Å². The summed E-state index contributed by atoms with van der Waals surface area (Å²) in [6, 6.07) is 2.23. The summed E-state index contributed by atoms with van der Waals surface area (Å²) in [5.74, 6) is 3.06. The second-order valence-corrected chi connectivity index (χ2v) is 7.85. The molecule has 2 fully saturated rings. The van der Waals surface area contributed by atoms with E-state index in [2.05, 4.69) is 47.5 Å². The van der Waals surface area contributed by atoms with Crippen LogP contribution in [0.3, 0.4) is 0 Å². The fourth-order valence-corrected chi connectivity index (χ4v) is 4.38. The lowest BCUT2D eigenvalue weighted by atomic mass is 9.95. The van der Waals surface area contributed by atoms with Gasteiger partial charge in [-0.15, -0.1) is 10.2 Å². The summed E-state index contributed by atoms with van der Waals surface area (Å²) in [6.07, 6.45) is 9.11. The van der Waals surface area contributed by atoms with Crippen molar-refractivity contribution in [2.24, 2.45) is 0 Å². The van der Waals surface area contributed by atoms with Crippen molar-refractivity contribution in [2.45, 2.75) is 44.1 Å². The third-order valence-corrected chi connectivity index (χ3v) is 6.03. The van der Waals surface area contributed by atoms with Crippen LogP contribution in [0.1, 0.15) is 54.5 Å². The van der Waals surface area contributed by atoms with E-state index >= 15 is 0 Å². The van der Waals surface area contributed by atoms with E-state index in [9.17, 15) is 0 Å². The minimum atomic E-state index is 0.495. The summed E-state index contributed by atoms with van der Waals surface area (Å²) in [7, 11) is 0. The van der Waals surface area contributed by atoms with Crippen LogP contribution in [0, 0.1) is 0 Å². The van der Waals surface area contributed by atoms with Gasteiger partial charge in [0, 0.05) is 24.9 Å². The molecule has 3 aromatic rings. The van der Waals surface area contributed by atoms with Crippen molar-refractivity contribution in [1.29, 1.82) is 0 Å². The van der Waals surface area contributed by atoms with Gasteiger partial charge in [0.2, 0.25) is 0 Å². The van der Waals surface area contributed by atoms with Crippen LogP contribution in [0.2, 0.25) is 0 Å². The fraction of sp³-hybridized carbons (Fsp3) is 0.500. The second kappa shape index (κ2) is 5.93. The van der Waals surface area contributed by atoms with Crippen molar-refractivity contribution in [3.63, 3.8) is 0 Å². The number of thiophene rings is 1. The molecule has 0 bridgehead atoms. The molecule has 24 heavy (non-hydrogen) atoms. The third kappa shape index (κ3) is 2.74. The number of fused-ring (bicyclic) bond motifs is 1. The minimum Gasteiger partial charge on any atom is -0.299 e. The summed E-state index contributed by atoms with van der Waals surface area (Å²) in [6.45, 7) is 3.33. The van der Waals surface area contributed by atoms with Gasteiger partial charge < -0.3 is 0 Å². The molecule has 0 spiro atoms. The van der Waals surface area contributed by atoms with Crippen molar-refractivity contribution >= 4 is 17.1 Å². The molecule has 1 aliphatic carbocycles. The molecule has 124 valence electrons. The lowest BCUT2D eigenvalue weighted by Gasteiger charge is -2.30. The summed E-state index contributed by atoms with van der Waals surface area (Å²) in [4.78, 5) is 7.05. The van der Waals surface area contributed by atoms with Gasteiger partial charge >= 0.3 is 0 Å². The standard InChI is InChI=1S/C18H21N5S/c1-2-14(1)16-9-19-18-21-20-17(23(18)11-16)15-3-6-22(7-4-15)10-13-5-8-24-12-13/h5,8-9,11-12,14-15H,1-4,6-7,10H2. The monoisotopic (exact) mass is 339 g/mol. The zero-order chi connectivity index (χ0) is 15.9. The molecule has 1 saturated carbocycles. The lowest BCUT2D eigenvalue weighted by molar-refractivity contribution is 0.201. The Morgan fingerprint density at radius 2 is 1.96 bits per heavy atom. The van der Waals surface area contributed by atoms with Gasteiger partial charge in [-0.05, 0) is 72.6 Å². The van der Waals surface area contributed by atoms with Crippen LogP contribution in [0.4, 0.5) is 0 Å². The molecule has 0 amide bonds. The Kier molecular flexibility index (Phi) is 3.60. The molecule has 2 aliphatic rings. The first-order valence-corrected chi connectivity index (χ1v) is 9.75. The molecule has 5 nitrogen and oxygen atoms in total. The molecule has 0 aromatic carbocycles. The molecule has 0 unspecified atom stereocenters. The van der Waals surface area contributed by atoms with Gasteiger partial charge in [0.15, 0.2) is 0 Å². The Bertz CT molecular complexity index is 828. The van der Waals surface area contributed by atoms with Crippen LogP contribution < -0.4 is 0 Å². The van der Waals surface area contributed by atoms with Gasteiger partial charge in [-0.2, -0.15) is 11.3 Å². The van der Waals surface area contributed by atoms with E-state index in [1.807, 2.05) is 6.20 Å². The fourth-order valence-electron chi connectivity index (χ4n) is 3.72. The predicted octanol–water partition coefficient (Wildman–Crippen LogP) is 3.44. The summed E-state index contributed by atoms with van der Waals surface area (Å²) >= 11 is 1.78. The molecule has 0 radical (unpaired) electrons. The second-order valence-electron chi connectivity index (χ2n) is 7.07. The van der Waals surface area contributed by atoms with Crippen molar-refractivity contribution < 1.29 is 0 Å². The van der Waals surface area contributed by atoms with Gasteiger partial charge in [-0.3, -0.25) is 9.30 Å². The average molecular weight is 339 g/mol. The lowest BCUT2D eigenvalue weighted by Crippen LogP contribution is -2.32. The van der Waals surface area contributed by atoms with E-state index in [-0.39, 0.29) is 0 Å². The number of rotatable bonds is 4. The van der Waals surface area contributed by atoms with Gasteiger partial charge in [-0.25, -0.2) is 4.98 Å². The van der Waals surface area contributed by atoms with E-state index in [1.165, 1.54) is 24.0 Å². The van der Waals surface area contributed by atoms with Crippen molar-refractivity contribution in [2.75, 3.05) is 13.1 Å². The van der Waals surface area contributed by atoms with Crippen LogP contribution in [0.15, 0.2) is 29.2 Å². The van der Waals surface area contributed by atoms with Crippen LogP contribution in [0.25, 0.3) is 5.78 Å². The summed E-state index contributed by atoms with van der Waals surface area (Å²) in [5.41, 5.74) is 2.78. The van der Waals surface area contributed by atoms with Crippen LogP contribution in [-0.4, -0.2) is 37.6 Å². The van der Waals surface area contributed by atoms with Gasteiger partial charge in [0.1, 0.15) is 5.82 Å². The summed E-state index contributed by atoms with van der Waals surface area (Å²) < 4.78 is 2.15. The predicted molar refractivity (Wildman–Crippen MR) is 94.3 cm³/mol. The first kappa shape index (κ1) is 14.5. The van der Waals surface area contributed by atoms with Crippen molar-refractivity contribution in [1.82, 2.24) is 24.5 Å². The minimum absolute atomic E-state index is 0.495. The highest BCUT2D eigenvalue weighted by Crippen LogP contribution is 2.39. The first-order chi connectivity index (χ1) is 11.9. The van der Waals surface area contributed by atoms with Gasteiger partial charge in [0.05, 0.1) is 0 Å². The Hall–Kier alpha value is -1.79. The molecule has 6 heteroatoms. The highest BCUT2D eigenvalue weighted by molar-refractivity contribution is 7.07. The molecular weight excluding hydrogens is 318 g/mol. The van der Waals surface area contributed by atoms with E-state index in [0.717, 1.165) is 44.1 Å². The SMILES string of the molecule is c1cc(CN2CCC(c3nnc4ncc(C5CC5)cn34)CC2)cs1. The highest BCUT2D eigenvalue weighted by atomic mass is 32.1. The molecule has 3 aromatic heterocycles. The zero-order valence-corrected chi connectivity index (χ0v) is 14.5. The number of nitrogens with zero attached hydrogens (tertiary/aromatic N) is 5. The van der Waals surface area contributed by atoms with Gasteiger partial charge in [-0.1, -0.05) is 0 Å².